The van der Waals surface area contributed by atoms with E-state index in [0.29, 0.717) is 0 Å². The molecule has 0 saturated heterocycles. The molecule has 0 radical (unpaired) electrons. The first kappa shape index (κ1) is 12.7. The molecule has 1 atom stereocenters. The highest BCUT2D eigenvalue weighted by atomic mass is 32.2. The second kappa shape index (κ2) is 4.77. The summed E-state index contributed by atoms with van der Waals surface area (Å²) in [4.78, 5) is 0.0805. The van der Waals surface area contributed by atoms with Gasteiger partial charge in [0.1, 0.15) is 0 Å². The summed E-state index contributed by atoms with van der Waals surface area (Å²) in [6.07, 6.45) is 0. The van der Waals surface area contributed by atoms with Crippen molar-refractivity contribution in [1.82, 2.24) is 4.72 Å². The molecule has 3 N–H and O–H groups in total. The fourth-order valence-corrected chi connectivity index (χ4v) is 1.10. The van der Waals surface area contributed by atoms with E-state index in [2.05, 4.69) is 12.2 Å². The van der Waals surface area contributed by atoms with Gasteiger partial charge in [0.15, 0.2) is 0 Å². The molecule has 0 aromatic rings. The molecular weight excluding hydrogens is 222 g/mol. The van der Waals surface area contributed by atoms with Crippen LogP contribution in [0, 0.1) is 5.92 Å². The van der Waals surface area contributed by atoms with Crippen LogP contribution in [0.1, 0.15) is 6.92 Å². The van der Waals surface area contributed by atoms with Crippen molar-refractivity contribution in [2.75, 3.05) is 6.54 Å². The average Bonchev–Trinajstić information content (AvgIpc) is 1.99. The number of halogens is 2. The largest absolute Gasteiger partial charge is 0.393 e. The molecule has 0 amide bonds. The quantitative estimate of drug-likeness (QED) is 0.657. The number of sulfonamides is 1. The average molecular weight is 232 g/mol. The molecule has 0 aliphatic carbocycles. The molecule has 0 bridgehead atoms. The second-order valence-corrected chi connectivity index (χ2v) is 4.66. The van der Waals surface area contributed by atoms with Gasteiger partial charge >= 0.3 is 5.76 Å². The van der Waals surface area contributed by atoms with E-state index in [1.54, 1.807) is 4.72 Å². The Kier molecular flexibility index (Phi) is 4.65. The molecule has 0 aromatic heterocycles. The monoisotopic (exact) mass is 232 g/mol. The highest BCUT2D eigenvalue weighted by Gasteiger charge is 2.23. The van der Waals surface area contributed by atoms with Gasteiger partial charge in [-0.15, -0.1) is 0 Å². The lowest BCUT2D eigenvalue weighted by Crippen LogP contribution is -2.36. The first-order chi connectivity index (χ1) is 5.77. The highest BCUT2D eigenvalue weighted by molar-refractivity contribution is 7.89. The van der Waals surface area contributed by atoms with Crippen molar-refractivity contribution in [2.45, 2.75) is 12.7 Å². The van der Waals surface area contributed by atoms with Crippen LogP contribution in [0.25, 0.3) is 0 Å². The van der Waals surface area contributed by atoms with Crippen molar-refractivity contribution in [3.8, 4) is 0 Å². The fraction of sp³-hybridized carbons (Fsp3) is 0.800. The zero-order valence-corrected chi connectivity index (χ0v) is 8.46. The van der Waals surface area contributed by atoms with Crippen molar-refractivity contribution in [3.05, 3.63) is 0 Å². The van der Waals surface area contributed by atoms with Gasteiger partial charge in [-0.05, 0) is 0 Å². The minimum atomic E-state index is -4.53. The standard InChI is InChI=1S/C5H10F2N2O2S2/c1-3(4(8)12)2-9-13(10,11)5(6)7/h3,5,9H,2H2,1H3,(H2,8,12). The van der Waals surface area contributed by atoms with E-state index in [-0.39, 0.29) is 11.5 Å². The Morgan fingerprint density at radius 3 is 2.38 bits per heavy atom. The molecule has 0 rings (SSSR count). The van der Waals surface area contributed by atoms with Gasteiger partial charge in [0.05, 0.1) is 4.99 Å². The van der Waals surface area contributed by atoms with Crippen molar-refractivity contribution >= 4 is 27.2 Å². The maximum atomic E-state index is 11.7. The summed E-state index contributed by atoms with van der Waals surface area (Å²) < 4.78 is 46.2. The van der Waals surface area contributed by atoms with Crippen molar-refractivity contribution in [1.29, 1.82) is 0 Å². The van der Waals surface area contributed by atoms with Crippen molar-refractivity contribution < 1.29 is 17.2 Å². The lowest BCUT2D eigenvalue weighted by molar-refractivity contribution is 0.232. The summed E-state index contributed by atoms with van der Waals surface area (Å²) in [7, 11) is -4.53. The Morgan fingerprint density at radius 2 is 2.08 bits per heavy atom. The van der Waals surface area contributed by atoms with Gasteiger partial charge in [0, 0.05) is 12.5 Å². The van der Waals surface area contributed by atoms with E-state index < -0.39 is 21.7 Å². The third-order valence-electron chi connectivity index (χ3n) is 1.31. The van der Waals surface area contributed by atoms with Gasteiger partial charge in [-0.1, -0.05) is 19.1 Å². The summed E-state index contributed by atoms with van der Waals surface area (Å²) >= 11 is 4.53. The number of nitrogens with two attached hydrogens (primary N) is 1. The Morgan fingerprint density at radius 1 is 1.62 bits per heavy atom. The molecule has 78 valence electrons. The number of alkyl halides is 2. The molecule has 13 heavy (non-hydrogen) atoms. The van der Waals surface area contributed by atoms with Crippen LogP contribution in [-0.4, -0.2) is 25.7 Å². The lowest BCUT2D eigenvalue weighted by atomic mass is 10.2. The zero-order chi connectivity index (χ0) is 10.6. The summed E-state index contributed by atoms with van der Waals surface area (Å²) in [5, 5.41) is 0. The smallest absolute Gasteiger partial charge is 0.350 e. The second-order valence-electron chi connectivity index (χ2n) is 2.46. The predicted molar refractivity (Wildman–Crippen MR) is 48.9 cm³/mol. The maximum absolute atomic E-state index is 11.7. The molecule has 1 unspecified atom stereocenters. The van der Waals surface area contributed by atoms with E-state index in [9.17, 15) is 17.2 Å². The van der Waals surface area contributed by atoms with Crippen LogP contribution in [0.3, 0.4) is 0 Å². The Labute approximate surface area is 80.5 Å². The van der Waals surface area contributed by atoms with Crippen molar-refractivity contribution in [2.24, 2.45) is 11.7 Å². The number of nitrogens with one attached hydrogen (secondary N) is 1. The highest BCUT2D eigenvalue weighted by Crippen LogP contribution is 2.02. The topological polar surface area (TPSA) is 72.2 Å². The van der Waals surface area contributed by atoms with E-state index >= 15 is 0 Å². The Balaban J connectivity index is 4.11. The van der Waals surface area contributed by atoms with E-state index in [0.717, 1.165) is 0 Å². The molecule has 0 heterocycles. The van der Waals surface area contributed by atoms with Gasteiger partial charge < -0.3 is 5.73 Å². The number of hydrogen-bond donors (Lipinski definition) is 2. The molecule has 0 aliphatic rings. The summed E-state index contributed by atoms with van der Waals surface area (Å²) in [6.45, 7) is 1.33. The van der Waals surface area contributed by atoms with Crippen LogP contribution < -0.4 is 10.5 Å². The van der Waals surface area contributed by atoms with Gasteiger partial charge in [-0.2, -0.15) is 8.78 Å². The normalized spacial score (nSPS) is 14.5. The van der Waals surface area contributed by atoms with E-state index in [1.807, 2.05) is 0 Å². The number of rotatable bonds is 5. The number of thiocarbonyl (C=S) groups is 1. The van der Waals surface area contributed by atoms with Crippen LogP contribution in [0.5, 0.6) is 0 Å². The summed E-state index contributed by atoms with van der Waals surface area (Å²) in [5.74, 6) is -3.87. The van der Waals surface area contributed by atoms with Crippen LogP contribution in [0.15, 0.2) is 0 Å². The van der Waals surface area contributed by atoms with Gasteiger partial charge in [0.2, 0.25) is 0 Å². The summed E-state index contributed by atoms with van der Waals surface area (Å²) in [6, 6.07) is 0. The molecule has 4 nitrogen and oxygen atoms in total. The zero-order valence-electron chi connectivity index (χ0n) is 6.83. The van der Waals surface area contributed by atoms with Crippen LogP contribution in [0.2, 0.25) is 0 Å². The minimum absolute atomic E-state index is 0.0805. The lowest BCUT2D eigenvalue weighted by Gasteiger charge is -2.10. The Hall–Kier alpha value is -0.340. The van der Waals surface area contributed by atoms with Gasteiger partial charge in [0.25, 0.3) is 10.0 Å². The SMILES string of the molecule is CC(CNS(=O)(=O)C(F)F)C(N)=S. The molecule has 0 aromatic carbocycles. The molecule has 0 aliphatic heterocycles. The van der Waals surface area contributed by atoms with Gasteiger partial charge in [-0.3, -0.25) is 0 Å². The molecule has 0 fully saturated rings. The van der Waals surface area contributed by atoms with Crippen LogP contribution in [0.4, 0.5) is 8.78 Å². The molecule has 0 saturated carbocycles. The van der Waals surface area contributed by atoms with Crippen LogP contribution >= 0.6 is 12.2 Å². The predicted octanol–water partition coefficient (Wildman–Crippen LogP) is 0.0506. The first-order valence-electron chi connectivity index (χ1n) is 3.33. The molecular formula is C5H10F2N2O2S2. The molecule has 8 heteroatoms. The number of hydrogen-bond acceptors (Lipinski definition) is 3. The fourth-order valence-electron chi connectivity index (χ4n) is 0.405. The maximum Gasteiger partial charge on any atom is 0.350 e. The molecule has 0 spiro atoms. The van der Waals surface area contributed by atoms with E-state index in [4.69, 9.17) is 5.73 Å². The van der Waals surface area contributed by atoms with Crippen molar-refractivity contribution in [3.63, 3.8) is 0 Å². The third-order valence-corrected chi connectivity index (χ3v) is 2.75. The third kappa shape index (κ3) is 4.44. The Bertz CT molecular complexity index is 278. The van der Waals surface area contributed by atoms with E-state index in [1.165, 1.54) is 6.92 Å². The first-order valence-corrected chi connectivity index (χ1v) is 5.28. The van der Waals surface area contributed by atoms with Gasteiger partial charge in [-0.25, -0.2) is 13.1 Å². The summed E-state index contributed by atoms with van der Waals surface area (Å²) in [5.41, 5.74) is 5.15. The minimum Gasteiger partial charge on any atom is -0.393 e. The van der Waals surface area contributed by atoms with Crippen LogP contribution in [-0.2, 0) is 10.0 Å².